The summed E-state index contributed by atoms with van der Waals surface area (Å²) in [4.78, 5) is 30.9. The highest BCUT2D eigenvalue weighted by Gasteiger charge is 2.10. The third-order valence-corrected chi connectivity index (χ3v) is 3.44. The molecule has 0 fully saturated rings. The number of para-hydroxylation sites is 1. The topological polar surface area (TPSA) is 84.1 Å². The summed E-state index contributed by atoms with van der Waals surface area (Å²) in [5.41, 5.74) is 2.37. The first-order valence-electron chi connectivity index (χ1n) is 7.06. The molecule has 0 bridgehead atoms. The molecule has 0 spiro atoms. The molecule has 1 aromatic carbocycles. The molecule has 0 unspecified atom stereocenters. The summed E-state index contributed by atoms with van der Waals surface area (Å²) in [5, 5.41) is 3.75. The van der Waals surface area contributed by atoms with Crippen molar-refractivity contribution in [3.63, 3.8) is 0 Å². The Balaban J connectivity index is 1.70. The van der Waals surface area contributed by atoms with E-state index in [1.165, 1.54) is 13.3 Å². The zero-order chi connectivity index (χ0) is 16.2. The van der Waals surface area contributed by atoms with E-state index in [0.29, 0.717) is 17.0 Å². The average Bonchev–Trinajstić information content (AvgIpc) is 3.03. The number of pyridine rings is 1. The van der Waals surface area contributed by atoms with Crippen molar-refractivity contribution in [2.75, 3.05) is 7.11 Å². The molecule has 0 aliphatic heterocycles. The monoisotopic (exact) mass is 309 g/mol. The summed E-state index contributed by atoms with van der Waals surface area (Å²) in [6.07, 6.45) is 1.51. The zero-order valence-corrected chi connectivity index (χ0v) is 12.5. The highest BCUT2D eigenvalue weighted by atomic mass is 16.5. The Labute approximate surface area is 132 Å². The number of carbonyl (C=O) groups is 2. The van der Waals surface area contributed by atoms with E-state index in [0.717, 1.165) is 10.9 Å². The number of benzene rings is 1. The number of amides is 1. The number of methoxy groups -OCH3 is 1. The fourth-order valence-corrected chi connectivity index (χ4v) is 2.28. The van der Waals surface area contributed by atoms with Gasteiger partial charge in [0.05, 0.1) is 24.9 Å². The highest BCUT2D eigenvalue weighted by Crippen LogP contribution is 2.14. The van der Waals surface area contributed by atoms with Gasteiger partial charge in [0.25, 0.3) is 5.91 Å². The van der Waals surface area contributed by atoms with Crippen molar-refractivity contribution in [1.82, 2.24) is 15.3 Å². The molecule has 0 saturated heterocycles. The second-order valence-corrected chi connectivity index (χ2v) is 4.98. The minimum Gasteiger partial charge on any atom is -0.465 e. The molecule has 0 atom stereocenters. The van der Waals surface area contributed by atoms with Gasteiger partial charge in [0.1, 0.15) is 5.69 Å². The first-order valence-corrected chi connectivity index (χ1v) is 7.06. The number of nitrogens with one attached hydrogen (secondary N) is 2. The Hall–Kier alpha value is -3.15. The zero-order valence-electron chi connectivity index (χ0n) is 12.5. The second kappa shape index (κ2) is 6.31. The molecule has 6 nitrogen and oxygen atoms in total. The van der Waals surface area contributed by atoms with Crippen LogP contribution in [0.5, 0.6) is 0 Å². The largest absolute Gasteiger partial charge is 0.465 e. The van der Waals surface area contributed by atoms with E-state index in [1.54, 1.807) is 18.2 Å². The highest BCUT2D eigenvalue weighted by molar-refractivity contribution is 5.98. The molecule has 23 heavy (non-hydrogen) atoms. The Bertz CT molecular complexity index is 837. The average molecular weight is 309 g/mol. The molecular formula is C17H15N3O3. The van der Waals surface area contributed by atoms with E-state index >= 15 is 0 Å². The summed E-state index contributed by atoms with van der Waals surface area (Å²) in [5.74, 6) is -0.665. The lowest BCUT2D eigenvalue weighted by Crippen LogP contribution is -2.23. The van der Waals surface area contributed by atoms with Crippen molar-refractivity contribution in [2.24, 2.45) is 0 Å². The SMILES string of the molecule is COC(=O)c1ccnc(CNC(=O)c2cc3ccccc3[nH]2)c1. The minimum atomic E-state index is -0.435. The normalized spacial score (nSPS) is 10.5. The van der Waals surface area contributed by atoms with Gasteiger partial charge in [-0.15, -0.1) is 0 Å². The summed E-state index contributed by atoms with van der Waals surface area (Å²) in [6, 6.07) is 12.6. The van der Waals surface area contributed by atoms with Gasteiger partial charge in [0.15, 0.2) is 0 Å². The van der Waals surface area contributed by atoms with Crippen LogP contribution in [0.1, 0.15) is 26.5 Å². The third kappa shape index (κ3) is 3.21. The maximum absolute atomic E-state index is 12.2. The Kier molecular flexibility index (Phi) is 4.05. The van der Waals surface area contributed by atoms with Crippen molar-refractivity contribution in [3.05, 3.63) is 65.6 Å². The molecule has 6 heteroatoms. The molecule has 3 rings (SSSR count). The predicted octanol–water partition coefficient (Wildman–Crippen LogP) is 2.28. The number of esters is 1. The third-order valence-electron chi connectivity index (χ3n) is 3.44. The Morgan fingerprint density at radius 2 is 2.04 bits per heavy atom. The van der Waals surface area contributed by atoms with Crippen LogP contribution in [0, 0.1) is 0 Å². The quantitative estimate of drug-likeness (QED) is 0.724. The number of nitrogens with zero attached hydrogens (tertiary/aromatic N) is 1. The van der Waals surface area contributed by atoms with Crippen molar-refractivity contribution < 1.29 is 14.3 Å². The van der Waals surface area contributed by atoms with Crippen molar-refractivity contribution in [3.8, 4) is 0 Å². The first kappa shape index (κ1) is 14.8. The number of hydrogen-bond acceptors (Lipinski definition) is 4. The van der Waals surface area contributed by atoms with Crippen LogP contribution in [-0.4, -0.2) is 29.0 Å². The number of carbonyl (C=O) groups excluding carboxylic acids is 2. The van der Waals surface area contributed by atoms with E-state index in [2.05, 4.69) is 20.0 Å². The number of hydrogen-bond donors (Lipinski definition) is 2. The molecule has 0 saturated carbocycles. The lowest BCUT2D eigenvalue weighted by atomic mass is 10.2. The van der Waals surface area contributed by atoms with Crippen LogP contribution in [0.15, 0.2) is 48.7 Å². The Morgan fingerprint density at radius 1 is 1.22 bits per heavy atom. The summed E-state index contributed by atoms with van der Waals surface area (Å²) in [7, 11) is 1.32. The smallest absolute Gasteiger partial charge is 0.337 e. The predicted molar refractivity (Wildman–Crippen MR) is 85.0 cm³/mol. The molecule has 0 aliphatic rings. The maximum atomic E-state index is 12.2. The van der Waals surface area contributed by atoms with E-state index in [-0.39, 0.29) is 12.5 Å². The second-order valence-electron chi connectivity index (χ2n) is 4.98. The summed E-state index contributed by atoms with van der Waals surface area (Å²) >= 11 is 0. The number of fused-ring (bicyclic) bond motifs is 1. The van der Waals surface area contributed by atoms with Crippen LogP contribution >= 0.6 is 0 Å². The standard InChI is InChI=1S/C17H15N3O3/c1-23-17(22)12-6-7-18-13(8-12)10-19-16(21)15-9-11-4-2-3-5-14(11)20-15/h2-9,20H,10H2,1H3,(H,19,21). The molecular weight excluding hydrogens is 294 g/mol. The van der Waals surface area contributed by atoms with Gasteiger partial charge in [0, 0.05) is 17.1 Å². The van der Waals surface area contributed by atoms with Crippen LogP contribution in [0.25, 0.3) is 10.9 Å². The van der Waals surface area contributed by atoms with E-state index in [9.17, 15) is 9.59 Å². The van der Waals surface area contributed by atoms with Crippen molar-refractivity contribution in [1.29, 1.82) is 0 Å². The first-order chi connectivity index (χ1) is 11.2. The van der Waals surface area contributed by atoms with E-state index in [4.69, 9.17) is 0 Å². The van der Waals surface area contributed by atoms with Gasteiger partial charge in [-0.25, -0.2) is 4.79 Å². The fourth-order valence-electron chi connectivity index (χ4n) is 2.28. The molecule has 116 valence electrons. The fraction of sp³-hybridized carbons (Fsp3) is 0.118. The number of rotatable bonds is 4. The number of H-pyrrole nitrogens is 1. The van der Waals surface area contributed by atoms with Gasteiger partial charge in [-0.05, 0) is 24.3 Å². The molecule has 2 aromatic heterocycles. The molecule has 0 radical (unpaired) electrons. The van der Waals surface area contributed by atoms with Crippen LogP contribution in [0.2, 0.25) is 0 Å². The van der Waals surface area contributed by atoms with Gasteiger partial charge in [-0.2, -0.15) is 0 Å². The van der Waals surface area contributed by atoms with Crippen molar-refractivity contribution in [2.45, 2.75) is 6.54 Å². The minimum absolute atomic E-state index is 0.221. The van der Waals surface area contributed by atoms with Gasteiger partial charge < -0.3 is 15.0 Å². The van der Waals surface area contributed by atoms with Gasteiger partial charge in [0.2, 0.25) is 0 Å². The van der Waals surface area contributed by atoms with Gasteiger partial charge in [-0.3, -0.25) is 9.78 Å². The molecule has 2 heterocycles. The van der Waals surface area contributed by atoms with Gasteiger partial charge >= 0.3 is 5.97 Å². The van der Waals surface area contributed by atoms with Crippen molar-refractivity contribution >= 4 is 22.8 Å². The lowest BCUT2D eigenvalue weighted by Gasteiger charge is -2.05. The van der Waals surface area contributed by atoms with Gasteiger partial charge in [-0.1, -0.05) is 18.2 Å². The van der Waals surface area contributed by atoms with E-state index < -0.39 is 5.97 Å². The molecule has 3 aromatic rings. The van der Waals surface area contributed by atoms with E-state index in [1.807, 2.05) is 24.3 Å². The summed E-state index contributed by atoms with van der Waals surface area (Å²) < 4.78 is 4.66. The van der Waals surface area contributed by atoms with Crippen LogP contribution in [0.3, 0.4) is 0 Å². The van der Waals surface area contributed by atoms with Crippen LogP contribution < -0.4 is 5.32 Å². The lowest BCUT2D eigenvalue weighted by molar-refractivity contribution is 0.0600. The number of ether oxygens (including phenoxy) is 1. The molecule has 2 N–H and O–H groups in total. The van der Waals surface area contributed by atoms with Crippen LogP contribution in [-0.2, 0) is 11.3 Å². The summed E-state index contributed by atoms with van der Waals surface area (Å²) in [6.45, 7) is 0.221. The Morgan fingerprint density at radius 3 is 2.83 bits per heavy atom. The number of aromatic nitrogens is 2. The maximum Gasteiger partial charge on any atom is 0.337 e. The molecule has 1 amide bonds. The number of aromatic amines is 1. The van der Waals surface area contributed by atoms with Crippen LogP contribution in [0.4, 0.5) is 0 Å². The molecule has 0 aliphatic carbocycles.